The number of carbonyl (C=O) groups is 1. The van der Waals surface area contributed by atoms with E-state index in [2.05, 4.69) is 17.0 Å². The lowest BCUT2D eigenvalue weighted by Crippen LogP contribution is -2.41. The highest BCUT2D eigenvalue weighted by molar-refractivity contribution is 5.91. The van der Waals surface area contributed by atoms with E-state index in [1.54, 1.807) is 6.08 Å². The number of hydrogen-bond acceptors (Lipinski definition) is 3. The van der Waals surface area contributed by atoms with Gasteiger partial charge in [-0.25, -0.2) is 5.01 Å². The second kappa shape index (κ2) is 5.71. The molecule has 0 aliphatic carbocycles. The summed E-state index contributed by atoms with van der Waals surface area (Å²) in [5.74, 6) is 0.274. The van der Waals surface area contributed by atoms with Gasteiger partial charge in [-0.2, -0.15) is 0 Å². The molecule has 3 heteroatoms. The van der Waals surface area contributed by atoms with E-state index in [1.807, 2.05) is 19.9 Å². The third-order valence-electron chi connectivity index (χ3n) is 2.40. The molecule has 0 atom stereocenters. The van der Waals surface area contributed by atoms with Crippen molar-refractivity contribution in [3.8, 4) is 0 Å². The number of hydrogen-bond donors (Lipinski definition) is 1. The molecule has 1 saturated heterocycles. The lowest BCUT2D eigenvalue weighted by Gasteiger charge is -2.28. The van der Waals surface area contributed by atoms with E-state index in [0.717, 1.165) is 31.6 Å². The molecule has 1 rings (SSSR count). The summed E-state index contributed by atoms with van der Waals surface area (Å²) in [4.78, 5) is 11.3. The SMILES string of the molecule is C=C1CCCN(C/C=C/C(=O)C(C)C)N1. The number of carbonyl (C=O) groups excluding carboxylic acids is 1. The van der Waals surface area contributed by atoms with Gasteiger partial charge in [0.1, 0.15) is 0 Å². The first-order chi connectivity index (χ1) is 7.09. The van der Waals surface area contributed by atoms with Crippen LogP contribution in [0.2, 0.25) is 0 Å². The highest BCUT2D eigenvalue weighted by Gasteiger charge is 2.09. The normalized spacial score (nSPS) is 18.5. The van der Waals surface area contributed by atoms with Crippen LogP contribution in [0, 0.1) is 5.92 Å². The van der Waals surface area contributed by atoms with E-state index in [9.17, 15) is 4.79 Å². The fraction of sp³-hybridized carbons (Fsp3) is 0.583. The lowest BCUT2D eigenvalue weighted by atomic mass is 10.1. The van der Waals surface area contributed by atoms with Crippen LogP contribution >= 0.6 is 0 Å². The maximum absolute atomic E-state index is 11.3. The van der Waals surface area contributed by atoms with Gasteiger partial charge in [-0.3, -0.25) is 4.79 Å². The molecule has 0 aromatic carbocycles. The predicted octanol–water partition coefficient (Wildman–Crippen LogP) is 1.88. The maximum Gasteiger partial charge on any atom is 0.157 e. The average molecular weight is 208 g/mol. The van der Waals surface area contributed by atoms with Gasteiger partial charge in [0.2, 0.25) is 0 Å². The molecular weight excluding hydrogens is 188 g/mol. The monoisotopic (exact) mass is 208 g/mol. The summed E-state index contributed by atoms with van der Waals surface area (Å²) in [5, 5.41) is 2.08. The molecule has 1 aliphatic heterocycles. The Bertz CT molecular complexity index is 269. The number of rotatable bonds is 4. The minimum atomic E-state index is 0.0885. The zero-order valence-corrected chi connectivity index (χ0v) is 9.62. The van der Waals surface area contributed by atoms with E-state index in [4.69, 9.17) is 0 Å². The van der Waals surface area contributed by atoms with Crippen LogP contribution in [0.25, 0.3) is 0 Å². The van der Waals surface area contributed by atoms with Crippen LogP contribution in [0.4, 0.5) is 0 Å². The summed E-state index contributed by atoms with van der Waals surface area (Å²) in [5.41, 5.74) is 4.26. The predicted molar refractivity (Wildman–Crippen MR) is 62.1 cm³/mol. The van der Waals surface area contributed by atoms with Crippen molar-refractivity contribution in [1.82, 2.24) is 10.4 Å². The van der Waals surface area contributed by atoms with E-state index in [0.29, 0.717) is 0 Å². The van der Waals surface area contributed by atoms with Crippen molar-refractivity contribution in [3.63, 3.8) is 0 Å². The fourth-order valence-corrected chi connectivity index (χ4v) is 1.44. The van der Waals surface area contributed by atoms with Crippen molar-refractivity contribution in [3.05, 3.63) is 24.4 Å². The fourth-order valence-electron chi connectivity index (χ4n) is 1.44. The van der Waals surface area contributed by atoms with Crippen molar-refractivity contribution < 1.29 is 4.79 Å². The molecule has 0 saturated carbocycles. The summed E-state index contributed by atoms with van der Waals surface area (Å²) in [7, 11) is 0. The zero-order chi connectivity index (χ0) is 11.3. The quantitative estimate of drug-likeness (QED) is 0.716. The molecule has 15 heavy (non-hydrogen) atoms. The Kier molecular flexibility index (Phi) is 4.56. The number of nitrogens with zero attached hydrogens (tertiary/aromatic N) is 1. The zero-order valence-electron chi connectivity index (χ0n) is 9.62. The van der Waals surface area contributed by atoms with Gasteiger partial charge < -0.3 is 5.43 Å². The molecule has 3 nitrogen and oxygen atoms in total. The molecule has 1 N–H and O–H groups in total. The van der Waals surface area contributed by atoms with Gasteiger partial charge in [0, 0.05) is 24.7 Å². The summed E-state index contributed by atoms with van der Waals surface area (Å²) < 4.78 is 0. The molecule has 0 aromatic rings. The van der Waals surface area contributed by atoms with E-state index >= 15 is 0 Å². The van der Waals surface area contributed by atoms with Gasteiger partial charge in [-0.15, -0.1) is 0 Å². The molecule has 0 radical (unpaired) electrons. The molecule has 0 aromatic heterocycles. The van der Waals surface area contributed by atoms with Crippen LogP contribution < -0.4 is 5.43 Å². The number of hydrazine groups is 1. The first kappa shape index (κ1) is 12.0. The number of nitrogens with one attached hydrogen (secondary N) is 1. The van der Waals surface area contributed by atoms with Crippen molar-refractivity contribution in [2.45, 2.75) is 26.7 Å². The summed E-state index contributed by atoms with van der Waals surface area (Å²) >= 11 is 0. The van der Waals surface area contributed by atoms with E-state index in [-0.39, 0.29) is 11.7 Å². The maximum atomic E-state index is 11.3. The summed E-state index contributed by atoms with van der Waals surface area (Å²) in [6.07, 6.45) is 5.76. The van der Waals surface area contributed by atoms with Gasteiger partial charge >= 0.3 is 0 Å². The first-order valence-electron chi connectivity index (χ1n) is 5.49. The Morgan fingerprint density at radius 1 is 1.67 bits per heavy atom. The number of ketones is 1. The van der Waals surface area contributed by atoms with Gasteiger partial charge in [0.25, 0.3) is 0 Å². The highest BCUT2D eigenvalue weighted by Crippen LogP contribution is 2.07. The Morgan fingerprint density at radius 3 is 3.00 bits per heavy atom. The topological polar surface area (TPSA) is 32.3 Å². The second-order valence-corrected chi connectivity index (χ2v) is 4.22. The molecule has 0 unspecified atom stereocenters. The first-order valence-corrected chi connectivity index (χ1v) is 5.49. The van der Waals surface area contributed by atoms with Crippen LogP contribution in [0.1, 0.15) is 26.7 Å². The second-order valence-electron chi connectivity index (χ2n) is 4.22. The van der Waals surface area contributed by atoms with Gasteiger partial charge in [-0.1, -0.05) is 26.5 Å². The molecule has 84 valence electrons. The molecular formula is C12H20N2O. The van der Waals surface area contributed by atoms with Crippen LogP contribution in [0.15, 0.2) is 24.4 Å². The van der Waals surface area contributed by atoms with Gasteiger partial charge in [-0.05, 0) is 18.9 Å². The minimum absolute atomic E-state index is 0.0885. The Morgan fingerprint density at radius 2 is 2.40 bits per heavy atom. The molecule has 1 fully saturated rings. The molecule has 1 aliphatic rings. The molecule has 0 bridgehead atoms. The molecule has 1 heterocycles. The summed E-state index contributed by atoms with van der Waals surface area (Å²) in [6, 6.07) is 0. The largest absolute Gasteiger partial charge is 0.323 e. The van der Waals surface area contributed by atoms with Crippen LogP contribution in [0.5, 0.6) is 0 Å². The Labute approximate surface area is 91.8 Å². The van der Waals surface area contributed by atoms with Crippen molar-refractivity contribution in [2.24, 2.45) is 5.92 Å². The molecule has 0 amide bonds. The minimum Gasteiger partial charge on any atom is -0.323 e. The van der Waals surface area contributed by atoms with Crippen LogP contribution in [-0.4, -0.2) is 23.9 Å². The third-order valence-corrected chi connectivity index (χ3v) is 2.40. The van der Waals surface area contributed by atoms with E-state index < -0.39 is 0 Å². The van der Waals surface area contributed by atoms with E-state index in [1.165, 1.54) is 0 Å². The van der Waals surface area contributed by atoms with Crippen molar-refractivity contribution in [1.29, 1.82) is 0 Å². The lowest BCUT2D eigenvalue weighted by molar-refractivity contribution is -0.117. The van der Waals surface area contributed by atoms with Gasteiger partial charge in [0.15, 0.2) is 5.78 Å². The van der Waals surface area contributed by atoms with Crippen LogP contribution in [-0.2, 0) is 4.79 Å². The smallest absolute Gasteiger partial charge is 0.157 e. The average Bonchev–Trinajstić information content (AvgIpc) is 2.17. The summed E-state index contributed by atoms with van der Waals surface area (Å²) in [6.45, 7) is 9.49. The van der Waals surface area contributed by atoms with Crippen molar-refractivity contribution in [2.75, 3.05) is 13.1 Å². The Hall–Kier alpha value is -1.09. The third kappa shape index (κ3) is 4.30. The Balaban J connectivity index is 2.30. The van der Waals surface area contributed by atoms with Crippen molar-refractivity contribution >= 4 is 5.78 Å². The molecule has 0 spiro atoms. The standard InChI is InChI=1S/C12H20N2O/c1-10(2)12(15)7-5-9-14-8-4-6-11(3)13-14/h5,7,10,13H,3-4,6,8-9H2,1-2H3/b7-5+. The number of allylic oxidation sites excluding steroid dienone is 2. The van der Waals surface area contributed by atoms with Crippen LogP contribution in [0.3, 0.4) is 0 Å². The van der Waals surface area contributed by atoms with Gasteiger partial charge in [0.05, 0.1) is 0 Å². The highest BCUT2D eigenvalue weighted by atomic mass is 16.1.